The van der Waals surface area contributed by atoms with Crippen molar-refractivity contribution in [3.8, 4) is 11.3 Å². The zero-order valence-corrected chi connectivity index (χ0v) is 22.9. The molecule has 3 aliphatic rings. The van der Waals surface area contributed by atoms with Crippen LogP contribution in [0.5, 0.6) is 0 Å². The topological polar surface area (TPSA) is 175 Å². The summed E-state index contributed by atoms with van der Waals surface area (Å²) in [6.45, 7) is 4.34. The number of anilines is 2. The molecule has 6 rings (SSSR count). The number of hydrogen-bond acceptors (Lipinski definition) is 9. The molecule has 0 bridgehead atoms. The largest absolute Gasteiger partial charge is 0.393 e. The van der Waals surface area contributed by atoms with Crippen molar-refractivity contribution >= 4 is 33.1 Å². The molecular formula is C26H33N7O5S. The Morgan fingerprint density at radius 2 is 1.97 bits per heavy atom. The summed E-state index contributed by atoms with van der Waals surface area (Å²) in [6, 6.07) is 5.27. The third kappa shape index (κ3) is 4.73. The highest BCUT2D eigenvalue weighted by Gasteiger charge is 2.42. The fraction of sp³-hybridized carbons (Fsp3) is 0.500. The highest BCUT2D eigenvalue weighted by Crippen LogP contribution is 2.41. The Kier molecular flexibility index (Phi) is 5.92. The van der Waals surface area contributed by atoms with Crippen LogP contribution < -0.4 is 15.8 Å². The third-order valence-corrected chi connectivity index (χ3v) is 8.69. The van der Waals surface area contributed by atoms with Gasteiger partial charge < -0.3 is 20.8 Å². The molecule has 1 amide bonds. The molecule has 3 heterocycles. The number of nitrogens with two attached hydrogens (primary N) is 1. The van der Waals surface area contributed by atoms with Crippen molar-refractivity contribution < 1.29 is 23.4 Å². The molecule has 2 fully saturated rings. The summed E-state index contributed by atoms with van der Waals surface area (Å²) in [5, 5.41) is 28.1. The molecule has 13 heteroatoms. The Morgan fingerprint density at radius 1 is 1.26 bits per heavy atom. The van der Waals surface area contributed by atoms with E-state index in [2.05, 4.69) is 15.1 Å². The number of benzene rings is 1. The van der Waals surface area contributed by atoms with E-state index in [-0.39, 0.29) is 23.5 Å². The van der Waals surface area contributed by atoms with Crippen LogP contribution in [0, 0.1) is 5.92 Å². The van der Waals surface area contributed by atoms with E-state index in [0.29, 0.717) is 53.3 Å². The maximum Gasteiger partial charge on any atom is 0.256 e. The van der Waals surface area contributed by atoms with Gasteiger partial charge in [-0.25, -0.2) is 17.9 Å². The minimum absolute atomic E-state index is 0.0684. The third-order valence-electron chi connectivity index (χ3n) is 8.10. The van der Waals surface area contributed by atoms with Crippen molar-refractivity contribution in [1.82, 2.24) is 24.8 Å². The normalized spacial score (nSPS) is 24.5. The first-order valence-corrected chi connectivity index (χ1v) is 15.0. The standard InChI is InChI=1S/C26H33N7O5S/c1-13(14-4-5-14)32-12-16-8-15(9-19(20(16)25(32)36)31-39(3,37)38)18-6-7-33-23(28-18)21(22(27)30-33)24(35)29-26(2)10-17(34)11-26/h6-9,13-14,17,24,29,31,34-35H,4-5,10-12H2,1-3H3,(H2,27,30)/t13-,17-,24?,26-/m0/s1. The average molecular weight is 556 g/mol. The minimum Gasteiger partial charge on any atom is -0.393 e. The van der Waals surface area contributed by atoms with E-state index in [4.69, 9.17) is 10.7 Å². The Hall–Kier alpha value is -3.26. The Morgan fingerprint density at radius 3 is 2.62 bits per heavy atom. The van der Waals surface area contributed by atoms with Crippen LogP contribution in [-0.4, -0.2) is 68.0 Å². The SMILES string of the molecule is C[C@@H](C1CC1)N1Cc2cc(-c3ccn4nc(N)c(C(O)N[C@]5(C)C[C@@H](O)C5)c4n3)cc(NS(C)(=O)=O)c2C1=O. The van der Waals surface area contributed by atoms with Crippen LogP contribution in [0.4, 0.5) is 11.5 Å². The number of aliphatic hydroxyl groups excluding tert-OH is 2. The summed E-state index contributed by atoms with van der Waals surface area (Å²) >= 11 is 0. The number of nitrogen functional groups attached to an aromatic ring is 1. The van der Waals surface area contributed by atoms with Crippen LogP contribution in [0.3, 0.4) is 0 Å². The van der Waals surface area contributed by atoms with E-state index in [1.165, 1.54) is 4.52 Å². The molecule has 1 unspecified atom stereocenters. The first-order valence-electron chi connectivity index (χ1n) is 13.1. The van der Waals surface area contributed by atoms with E-state index in [1.54, 1.807) is 18.3 Å². The van der Waals surface area contributed by atoms with Gasteiger partial charge in [-0.15, -0.1) is 5.10 Å². The van der Waals surface area contributed by atoms with E-state index < -0.39 is 27.9 Å². The summed E-state index contributed by atoms with van der Waals surface area (Å²) < 4.78 is 28.4. The van der Waals surface area contributed by atoms with E-state index >= 15 is 0 Å². The van der Waals surface area contributed by atoms with Crippen molar-refractivity contribution in [2.24, 2.45) is 5.92 Å². The fourth-order valence-corrected chi connectivity index (χ4v) is 6.52. The van der Waals surface area contributed by atoms with Gasteiger partial charge in [0.05, 0.1) is 34.9 Å². The molecule has 1 aliphatic heterocycles. The summed E-state index contributed by atoms with van der Waals surface area (Å²) in [7, 11) is -3.66. The fourth-order valence-electron chi connectivity index (χ4n) is 5.96. The lowest BCUT2D eigenvalue weighted by atomic mass is 9.76. The van der Waals surface area contributed by atoms with Gasteiger partial charge in [0.2, 0.25) is 10.0 Å². The highest BCUT2D eigenvalue weighted by atomic mass is 32.2. The number of sulfonamides is 1. The molecule has 2 aliphatic carbocycles. The number of carbonyl (C=O) groups excluding carboxylic acids is 1. The number of aliphatic hydroxyl groups is 2. The monoisotopic (exact) mass is 555 g/mol. The first kappa shape index (κ1) is 26.0. The van der Waals surface area contributed by atoms with Crippen molar-refractivity contribution in [1.29, 1.82) is 0 Å². The van der Waals surface area contributed by atoms with Crippen LogP contribution in [-0.2, 0) is 16.6 Å². The number of amides is 1. The van der Waals surface area contributed by atoms with Gasteiger partial charge in [0.25, 0.3) is 5.91 Å². The Balaban J connectivity index is 1.40. The first-order chi connectivity index (χ1) is 18.3. The molecule has 12 nitrogen and oxygen atoms in total. The van der Waals surface area contributed by atoms with E-state index in [9.17, 15) is 23.4 Å². The number of hydrogen-bond donors (Lipinski definition) is 5. The molecule has 0 spiro atoms. The van der Waals surface area contributed by atoms with E-state index in [0.717, 1.165) is 24.7 Å². The molecule has 6 N–H and O–H groups in total. The van der Waals surface area contributed by atoms with Crippen LogP contribution in [0.1, 0.15) is 67.2 Å². The van der Waals surface area contributed by atoms with Gasteiger partial charge in [0, 0.05) is 29.9 Å². The predicted molar refractivity (Wildman–Crippen MR) is 145 cm³/mol. The van der Waals surface area contributed by atoms with Crippen molar-refractivity contribution in [2.75, 3.05) is 16.7 Å². The smallest absolute Gasteiger partial charge is 0.256 e. The van der Waals surface area contributed by atoms with Crippen LogP contribution in [0.15, 0.2) is 24.4 Å². The molecule has 3 aromatic rings. The number of rotatable bonds is 8. The molecule has 0 radical (unpaired) electrons. The number of nitrogens with one attached hydrogen (secondary N) is 2. The molecule has 208 valence electrons. The second-order valence-electron chi connectivity index (χ2n) is 11.5. The Labute approximate surface area is 226 Å². The number of fused-ring (bicyclic) bond motifs is 2. The highest BCUT2D eigenvalue weighted by molar-refractivity contribution is 7.92. The molecule has 1 aromatic carbocycles. The van der Waals surface area contributed by atoms with Gasteiger partial charge in [-0.3, -0.25) is 14.8 Å². The van der Waals surface area contributed by atoms with E-state index in [1.807, 2.05) is 24.8 Å². The zero-order valence-electron chi connectivity index (χ0n) is 22.0. The van der Waals surface area contributed by atoms with Crippen LogP contribution >= 0.6 is 0 Å². The summed E-state index contributed by atoms with van der Waals surface area (Å²) in [5.74, 6) is 0.404. The quantitative estimate of drug-likeness (QED) is 0.259. The number of nitrogens with zero attached hydrogens (tertiary/aromatic N) is 4. The number of carbonyl (C=O) groups is 1. The van der Waals surface area contributed by atoms with Gasteiger partial charge in [-0.2, -0.15) is 0 Å². The van der Waals surface area contributed by atoms with Gasteiger partial charge in [0.15, 0.2) is 11.5 Å². The average Bonchev–Trinajstić information content (AvgIpc) is 3.53. The molecule has 2 saturated carbocycles. The van der Waals surface area contributed by atoms with Crippen molar-refractivity contribution in [3.05, 3.63) is 41.1 Å². The molecule has 0 saturated heterocycles. The summed E-state index contributed by atoms with van der Waals surface area (Å²) in [5.41, 5.74) is 8.79. The lowest BCUT2D eigenvalue weighted by Crippen LogP contribution is -2.56. The minimum atomic E-state index is -3.66. The molecule has 2 aromatic heterocycles. The van der Waals surface area contributed by atoms with Crippen LogP contribution in [0.2, 0.25) is 0 Å². The lowest BCUT2D eigenvalue weighted by Gasteiger charge is -2.44. The lowest BCUT2D eigenvalue weighted by molar-refractivity contribution is -0.0225. The zero-order chi connectivity index (χ0) is 27.9. The van der Waals surface area contributed by atoms with Gasteiger partial charge in [0.1, 0.15) is 6.23 Å². The molecule has 39 heavy (non-hydrogen) atoms. The molecule has 2 atom stereocenters. The summed E-state index contributed by atoms with van der Waals surface area (Å²) in [6.07, 6.45) is 4.32. The number of aromatic nitrogens is 3. The van der Waals surface area contributed by atoms with Crippen molar-refractivity contribution in [3.63, 3.8) is 0 Å². The summed E-state index contributed by atoms with van der Waals surface area (Å²) in [4.78, 5) is 19.9. The maximum atomic E-state index is 13.4. The Bertz CT molecular complexity index is 1590. The maximum absolute atomic E-state index is 13.4. The van der Waals surface area contributed by atoms with Gasteiger partial charge in [-0.1, -0.05) is 0 Å². The van der Waals surface area contributed by atoms with Gasteiger partial charge >= 0.3 is 0 Å². The van der Waals surface area contributed by atoms with Crippen LogP contribution in [0.25, 0.3) is 16.9 Å². The van der Waals surface area contributed by atoms with Crippen molar-refractivity contribution in [2.45, 2.75) is 70.0 Å². The predicted octanol–water partition coefficient (Wildman–Crippen LogP) is 1.60. The second kappa shape index (κ2) is 8.88. The van der Waals surface area contributed by atoms with Gasteiger partial charge in [-0.05, 0) is 69.2 Å². The molecular weight excluding hydrogens is 522 g/mol. The second-order valence-corrected chi connectivity index (χ2v) is 13.2.